The number of nitrogens with zero attached hydrogens (tertiary/aromatic N) is 3. The van der Waals surface area contributed by atoms with Crippen molar-refractivity contribution in [2.45, 2.75) is 12.8 Å². The average molecular weight is 294 g/mol. The Balaban J connectivity index is 2.08. The Kier molecular flexibility index (Phi) is 2.63. The first-order chi connectivity index (χ1) is 8.27. The minimum atomic E-state index is 0.0388. The summed E-state index contributed by atoms with van der Waals surface area (Å²) in [5.41, 5.74) is 1.47. The molecule has 2 heterocycles. The maximum Gasteiger partial charge on any atom is 0.275 e. The molecule has 2 aromatic rings. The van der Waals surface area contributed by atoms with E-state index >= 15 is 0 Å². The van der Waals surface area contributed by atoms with Crippen LogP contribution in [-0.4, -0.2) is 32.7 Å². The number of carbonyl (C=O) groups is 1. The second-order valence-electron chi connectivity index (χ2n) is 4.23. The third-order valence-corrected chi connectivity index (χ3v) is 3.68. The van der Waals surface area contributed by atoms with E-state index in [1.54, 1.807) is 3.71 Å². The SMILES string of the molecule is O=C(c1nn(Br)c2ccccc12)N1CCCC1. The van der Waals surface area contributed by atoms with Gasteiger partial charge in [-0.25, -0.2) is 0 Å². The summed E-state index contributed by atoms with van der Waals surface area (Å²) in [7, 11) is 0. The predicted octanol–water partition coefficient (Wildman–Crippen LogP) is 2.43. The van der Waals surface area contributed by atoms with Crippen molar-refractivity contribution in [1.82, 2.24) is 13.7 Å². The molecule has 0 atom stereocenters. The molecule has 0 bridgehead atoms. The second kappa shape index (κ2) is 4.14. The van der Waals surface area contributed by atoms with Crippen LogP contribution in [-0.2, 0) is 0 Å². The lowest BCUT2D eigenvalue weighted by Gasteiger charge is -2.13. The van der Waals surface area contributed by atoms with Crippen LogP contribution in [0.2, 0.25) is 0 Å². The Morgan fingerprint density at radius 3 is 2.71 bits per heavy atom. The van der Waals surface area contributed by atoms with E-state index in [2.05, 4.69) is 21.2 Å². The van der Waals surface area contributed by atoms with E-state index in [9.17, 15) is 4.79 Å². The number of amides is 1. The molecule has 0 spiro atoms. The normalized spacial score (nSPS) is 15.7. The highest BCUT2D eigenvalue weighted by Gasteiger charge is 2.24. The van der Waals surface area contributed by atoms with Crippen molar-refractivity contribution in [2.75, 3.05) is 13.1 Å². The summed E-state index contributed by atoms with van der Waals surface area (Å²) in [6, 6.07) is 7.74. The molecule has 0 unspecified atom stereocenters. The molecule has 88 valence electrons. The molecule has 0 N–H and O–H groups in total. The highest BCUT2D eigenvalue weighted by atomic mass is 79.9. The van der Waals surface area contributed by atoms with E-state index in [1.807, 2.05) is 29.2 Å². The van der Waals surface area contributed by atoms with Crippen molar-refractivity contribution < 1.29 is 4.79 Å². The maximum atomic E-state index is 12.3. The lowest BCUT2D eigenvalue weighted by atomic mass is 10.2. The molecule has 1 amide bonds. The van der Waals surface area contributed by atoms with Crippen LogP contribution in [0.4, 0.5) is 0 Å². The van der Waals surface area contributed by atoms with Crippen LogP contribution in [0, 0.1) is 0 Å². The van der Waals surface area contributed by atoms with Gasteiger partial charge in [-0.3, -0.25) is 4.79 Å². The number of benzene rings is 1. The minimum absolute atomic E-state index is 0.0388. The summed E-state index contributed by atoms with van der Waals surface area (Å²) in [6.07, 6.45) is 2.19. The van der Waals surface area contributed by atoms with Gasteiger partial charge in [0.15, 0.2) is 5.69 Å². The minimum Gasteiger partial charge on any atom is -0.337 e. The van der Waals surface area contributed by atoms with Gasteiger partial charge in [0.2, 0.25) is 0 Å². The van der Waals surface area contributed by atoms with Crippen molar-refractivity contribution in [2.24, 2.45) is 0 Å². The summed E-state index contributed by atoms with van der Waals surface area (Å²) in [4.78, 5) is 14.2. The van der Waals surface area contributed by atoms with E-state index in [-0.39, 0.29) is 5.91 Å². The van der Waals surface area contributed by atoms with Gasteiger partial charge < -0.3 is 4.90 Å². The molecule has 17 heavy (non-hydrogen) atoms. The first kappa shape index (κ1) is 10.8. The molecule has 1 fully saturated rings. The van der Waals surface area contributed by atoms with E-state index in [0.717, 1.165) is 36.8 Å². The van der Waals surface area contributed by atoms with Crippen LogP contribution >= 0.6 is 16.1 Å². The Hall–Kier alpha value is -1.36. The second-order valence-corrected chi connectivity index (χ2v) is 4.90. The number of rotatable bonds is 1. The zero-order chi connectivity index (χ0) is 11.8. The van der Waals surface area contributed by atoms with Gasteiger partial charge in [0.1, 0.15) is 0 Å². The summed E-state index contributed by atoms with van der Waals surface area (Å²) in [5.74, 6) is 0.0388. The van der Waals surface area contributed by atoms with Crippen LogP contribution in [0.1, 0.15) is 23.3 Å². The molecule has 5 heteroatoms. The van der Waals surface area contributed by atoms with E-state index in [4.69, 9.17) is 0 Å². The Bertz CT molecular complexity index is 572. The quantitative estimate of drug-likeness (QED) is 0.810. The lowest BCUT2D eigenvalue weighted by Crippen LogP contribution is -2.28. The number of aromatic nitrogens is 2. The number of halogens is 1. The van der Waals surface area contributed by atoms with Crippen molar-refractivity contribution in [3.05, 3.63) is 30.0 Å². The number of fused-ring (bicyclic) bond motifs is 1. The van der Waals surface area contributed by atoms with Gasteiger partial charge in [-0.2, -0.15) is 8.81 Å². The highest BCUT2D eigenvalue weighted by molar-refractivity contribution is 9.08. The van der Waals surface area contributed by atoms with Gasteiger partial charge in [0.05, 0.1) is 21.7 Å². The summed E-state index contributed by atoms with van der Waals surface area (Å²) >= 11 is 3.33. The molecule has 1 aromatic heterocycles. The Morgan fingerprint density at radius 2 is 1.94 bits per heavy atom. The fraction of sp³-hybridized carbons (Fsp3) is 0.333. The summed E-state index contributed by atoms with van der Waals surface area (Å²) < 4.78 is 1.59. The Morgan fingerprint density at radius 1 is 1.24 bits per heavy atom. The summed E-state index contributed by atoms with van der Waals surface area (Å²) in [6.45, 7) is 1.70. The van der Waals surface area contributed by atoms with Gasteiger partial charge >= 0.3 is 0 Å². The number of carbonyl (C=O) groups excluding carboxylic acids is 1. The fourth-order valence-electron chi connectivity index (χ4n) is 2.26. The standard InChI is InChI=1S/C12H12BrN3O/c13-16-10-6-2-1-5-9(10)11(14-16)12(17)15-7-3-4-8-15/h1-2,5-6H,3-4,7-8H2. The molecular weight excluding hydrogens is 282 g/mol. The first-order valence-electron chi connectivity index (χ1n) is 5.70. The Labute approximate surface area is 108 Å². The van der Waals surface area contributed by atoms with Crippen LogP contribution in [0.15, 0.2) is 24.3 Å². The van der Waals surface area contributed by atoms with Gasteiger partial charge in [0, 0.05) is 18.5 Å². The molecule has 3 rings (SSSR count). The van der Waals surface area contributed by atoms with E-state index in [1.165, 1.54) is 0 Å². The van der Waals surface area contributed by atoms with Gasteiger partial charge in [-0.15, -0.1) is 0 Å². The van der Waals surface area contributed by atoms with E-state index < -0.39 is 0 Å². The smallest absolute Gasteiger partial charge is 0.275 e. The number of para-hydroxylation sites is 1. The van der Waals surface area contributed by atoms with Crippen LogP contribution < -0.4 is 0 Å². The van der Waals surface area contributed by atoms with Crippen LogP contribution in [0.3, 0.4) is 0 Å². The largest absolute Gasteiger partial charge is 0.337 e. The molecule has 1 aliphatic heterocycles. The van der Waals surface area contributed by atoms with Crippen molar-refractivity contribution in [3.63, 3.8) is 0 Å². The zero-order valence-corrected chi connectivity index (χ0v) is 10.9. The van der Waals surface area contributed by atoms with Gasteiger partial charge in [-0.1, -0.05) is 18.2 Å². The third kappa shape index (κ3) is 1.74. The molecule has 1 aliphatic rings. The van der Waals surface area contributed by atoms with Crippen LogP contribution in [0.25, 0.3) is 10.9 Å². The summed E-state index contributed by atoms with van der Waals surface area (Å²) in [5, 5.41) is 5.18. The first-order valence-corrected chi connectivity index (χ1v) is 6.41. The predicted molar refractivity (Wildman–Crippen MR) is 69.2 cm³/mol. The number of hydrogen-bond donors (Lipinski definition) is 0. The monoisotopic (exact) mass is 293 g/mol. The number of likely N-dealkylation sites (tertiary alicyclic amines) is 1. The topological polar surface area (TPSA) is 38.1 Å². The molecular formula is C12H12BrN3O. The van der Waals surface area contributed by atoms with Crippen LogP contribution in [0.5, 0.6) is 0 Å². The van der Waals surface area contributed by atoms with Gasteiger partial charge in [-0.05, 0) is 18.9 Å². The highest BCUT2D eigenvalue weighted by Crippen LogP contribution is 2.22. The maximum absolute atomic E-state index is 12.3. The van der Waals surface area contributed by atoms with Crippen molar-refractivity contribution >= 4 is 33.0 Å². The molecule has 1 aromatic carbocycles. The average Bonchev–Trinajstić information content (AvgIpc) is 2.97. The molecule has 1 saturated heterocycles. The van der Waals surface area contributed by atoms with Crippen molar-refractivity contribution in [1.29, 1.82) is 0 Å². The molecule has 0 aliphatic carbocycles. The molecule has 0 radical (unpaired) electrons. The van der Waals surface area contributed by atoms with Crippen molar-refractivity contribution in [3.8, 4) is 0 Å². The third-order valence-electron chi connectivity index (χ3n) is 3.14. The lowest BCUT2D eigenvalue weighted by molar-refractivity contribution is 0.0788. The zero-order valence-electron chi connectivity index (χ0n) is 9.27. The van der Waals surface area contributed by atoms with E-state index in [0.29, 0.717) is 5.69 Å². The fourth-order valence-corrected chi connectivity index (χ4v) is 2.73. The number of hydrogen-bond acceptors (Lipinski definition) is 2. The van der Waals surface area contributed by atoms with Gasteiger partial charge in [0.25, 0.3) is 5.91 Å². The molecule has 0 saturated carbocycles. The molecule has 4 nitrogen and oxygen atoms in total.